The number of anilines is 1. The molecule has 1 aromatic rings. The van der Waals surface area contributed by atoms with Crippen LogP contribution in [0.2, 0.25) is 0 Å². The fourth-order valence-electron chi connectivity index (χ4n) is 2.73. The molecule has 0 unspecified atom stereocenters. The zero-order valence-electron chi connectivity index (χ0n) is 12.6. The largest absolute Gasteiger partial charge is 0.354 e. The third-order valence-corrected chi connectivity index (χ3v) is 4.26. The van der Waals surface area contributed by atoms with Crippen LogP contribution in [0.15, 0.2) is 0 Å². The van der Waals surface area contributed by atoms with Gasteiger partial charge in [-0.1, -0.05) is 0 Å². The molecule has 0 spiro atoms. The molecule has 1 fully saturated rings. The average Bonchev–Trinajstić information content (AvgIpc) is 2.48. The maximum Gasteiger partial charge on any atom is 0.169 e. The summed E-state index contributed by atoms with van der Waals surface area (Å²) in [6, 6.07) is 2.29. The Labute approximate surface area is 121 Å². The molecule has 0 amide bonds. The highest BCUT2D eigenvalue weighted by molar-refractivity contribution is 5.57. The van der Waals surface area contributed by atoms with Crippen LogP contribution in [0, 0.1) is 31.1 Å². The van der Waals surface area contributed by atoms with Crippen LogP contribution in [-0.4, -0.2) is 36.9 Å². The van der Waals surface area contributed by atoms with Crippen LogP contribution in [0.5, 0.6) is 0 Å². The minimum Gasteiger partial charge on any atom is -0.354 e. The third kappa shape index (κ3) is 3.07. The van der Waals surface area contributed by atoms with E-state index in [9.17, 15) is 5.26 Å². The zero-order chi connectivity index (χ0) is 14.5. The van der Waals surface area contributed by atoms with Crippen molar-refractivity contribution in [3.8, 4) is 6.07 Å². The van der Waals surface area contributed by atoms with Crippen molar-refractivity contribution in [3.05, 3.63) is 16.8 Å². The first kappa shape index (κ1) is 14.7. The van der Waals surface area contributed by atoms with E-state index >= 15 is 0 Å². The highest BCUT2D eigenvalue weighted by atomic mass is 15.3. The van der Waals surface area contributed by atoms with Crippen molar-refractivity contribution in [2.45, 2.75) is 33.1 Å². The average molecular weight is 273 g/mol. The zero-order valence-corrected chi connectivity index (χ0v) is 12.6. The van der Waals surface area contributed by atoms with Crippen molar-refractivity contribution in [1.29, 1.82) is 5.26 Å². The first-order chi connectivity index (χ1) is 9.67. The van der Waals surface area contributed by atoms with Gasteiger partial charge in [0.15, 0.2) is 5.82 Å². The molecule has 0 aliphatic carbocycles. The molecule has 1 saturated heterocycles. The predicted molar refractivity (Wildman–Crippen MR) is 79.7 cm³/mol. The second-order valence-electron chi connectivity index (χ2n) is 5.54. The van der Waals surface area contributed by atoms with E-state index in [-0.39, 0.29) is 0 Å². The highest BCUT2D eigenvalue weighted by Crippen LogP contribution is 2.27. The molecule has 1 aromatic heterocycles. The smallest absolute Gasteiger partial charge is 0.169 e. The Hall–Kier alpha value is -1.67. The lowest BCUT2D eigenvalue weighted by Gasteiger charge is -2.33. The van der Waals surface area contributed by atoms with Gasteiger partial charge in [-0.05, 0) is 58.2 Å². The number of aryl methyl sites for hydroxylation is 1. The van der Waals surface area contributed by atoms with Crippen molar-refractivity contribution in [2.75, 3.05) is 31.6 Å². The number of aromatic nitrogens is 2. The number of nitriles is 1. The molecule has 0 saturated carbocycles. The van der Waals surface area contributed by atoms with Gasteiger partial charge in [-0.2, -0.15) is 10.4 Å². The van der Waals surface area contributed by atoms with E-state index in [1.54, 1.807) is 0 Å². The SMILES string of the molecule is CNCCC1CCN(c2nnc(C)c(C)c2C#N)CC1. The molecule has 1 aliphatic rings. The van der Waals surface area contributed by atoms with Gasteiger partial charge in [0.05, 0.1) is 5.69 Å². The predicted octanol–water partition coefficient (Wildman–Crippen LogP) is 1.79. The third-order valence-electron chi connectivity index (χ3n) is 4.26. The summed E-state index contributed by atoms with van der Waals surface area (Å²) in [5.41, 5.74) is 2.48. The molecule has 5 nitrogen and oxygen atoms in total. The van der Waals surface area contributed by atoms with Crippen molar-refractivity contribution < 1.29 is 0 Å². The van der Waals surface area contributed by atoms with E-state index < -0.39 is 0 Å². The van der Waals surface area contributed by atoms with Gasteiger partial charge in [-0.15, -0.1) is 5.10 Å². The number of nitrogens with zero attached hydrogens (tertiary/aromatic N) is 4. The second-order valence-corrected chi connectivity index (χ2v) is 5.54. The quantitative estimate of drug-likeness (QED) is 0.906. The van der Waals surface area contributed by atoms with E-state index in [1.807, 2.05) is 20.9 Å². The lowest BCUT2D eigenvalue weighted by atomic mass is 9.93. The van der Waals surface area contributed by atoms with Gasteiger partial charge in [0.1, 0.15) is 11.6 Å². The Kier molecular flexibility index (Phi) is 4.91. The maximum absolute atomic E-state index is 9.37. The molecular formula is C15H23N5. The number of rotatable bonds is 4. The van der Waals surface area contributed by atoms with Gasteiger partial charge in [-0.25, -0.2) is 0 Å². The molecule has 0 radical (unpaired) electrons. The Morgan fingerprint density at radius 3 is 2.60 bits per heavy atom. The summed E-state index contributed by atoms with van der Waals surface area (Å²) >= 11 is 0. The second kappa shape index (κ2) is 6.67. The Morgan fingerprint density at radius 1 is 1.30 bits per heavy atom. The Bertz CT molecular complexity index is 498. The van der Waals surface area contributed by atoms with Gasteiger partial charge >= 0.3 is 0 Å². The first-order valence-electron chi connectivity index (χ1n) is 7.31. The van der Waals surface area contributed by atoms with E-state index in [2.05, 4.69) is 26.5 Å². The number of nitrogens with one attached hydrogen (secondary N) is 1. The van der Waals surface area contributed by atoms with Crippen LogP contribution >= 0.6 is 0 Å². The fourth-order valence-corrected chi connectivity index (χ4v) is 2.73. The first-order valence-corrected chi connectivity index (χ1v) is 7.31. The summed E-state index contributed by atoms with van der Waals surface area (Å²) in [7, 11) is 2.00. The molecule has 20 heavy (non-hydrogen) atoms. The van der Waals surface area contributed by atoms with E-state index in [0.717, 1.165) is 42.6 Å². The summed E-state index contributed by atoms with van der Waals surface area (Å²) in [4.78, 5) is 2.22. The maximum atomic E-state index is 9.37. The summed E-state index contributed by atoms with van der Waals surface area (Å²) < 4.78 is 0. The molecular weight excluding hydrogens is 250 g/mol. The van der Waals surface area contributed by atoms with Gasteiger partial charge in [0.25, 0.3) is 0 Å². The molecule has 1 N–H and O–H groups in total. The lowest BCUT2D eigenvalue weighted by molar-refractivity contribution is 0.376. The van der Waals surface area contributed by atoms with Crippen molar-refractivity contribution in [1.82, 2.24) is 15.5 Å². The minimum atomic E-state index is 0.686. The molecule has 0 aromatic carbocycles. The molecule has 0 atom stereocenters. The topological polar surface area (TPSA) is 64.8 Å². The van der Waals surface area contributed by atoms with Gasteiger partial charge in [-0.3, -0.25) is 0 Å². The van der Waals surface area contributed by atoms with E-state index in [0.29, 0.717) is 5.56 Å². The molecule has 5 heteroatoms. The highest BCUT2D eigenvalue weighted by Gasteiger charge is 2.23. The number of hydrogen-bond acceptors (Lipinski definition) is 5. The van der Waals surface area contributed by atoms with Crippen LogP contribution in [0.1, 0.15) is 36.1 Å². The number of hydrogen-bond donors (Lipinski definition) is 1. The molecule has 2 rings (SSSR count). The van der Waals surface area contributed by atoms with E-state index in [1.165, 1.54) is 19.3 Å². The standard InChI is InChI=1S/C15H23N5/c1-11-12(2)18-19-15(14(11)10-16)20-8-5-13(6-9-20)4-7-17-3/h13,17H,4-9H2,1-3H3. The summed E-state index contributed by atoms with van der Waals surface area (Å²) in [5.74, 6) is 1.55. The summed E-state index contributed by atoms with van der Waals surface area (Å²) in [6.45, 7) is 6.88. The lowest BCUT2D eigenvalue weighted by Crippen LogP contribution is -2.36. The number of piperidine rings is 1. The van der Waals surface area contributed by atoms with Crippen LogP contribution in [-0.2, 0) is 0 Å². The molecule has 0 bridgehead atoms. The van der Waals surface area contributed by atoms with Gasteiger partial charge in [0.2, 0.25) is 0 Å². The van der Waals surface area contributed by atoms with Gasteiger partial charge < -0.3 is 10.2 Å². The Morgan fingerprint density at radius 2 is 2.00 bits per heavy atom. The molecule has 1 aliphatic heterocycles. The monoisotopic (exact) mass is 273 g/mol. The van der Waals surface area contributed by atoms with Gasteiger partial charge in [0, 0.05) is 13.1 Å². The van der Waals surface area contributed by atoms with Crippen molar-refractivity contribution in [3.63, 3.8) is 0 Å². The minimum absolute atomic E-state index is 0.686. The van der Waals surface area contributed by atoms with Crippen molar-refractivity contribution >= 4 is 5.82 Å². The molecule has 108 valence electrons. The Balaban J connectivity index is 2.08. The van der Waals surface area contributed by atoms with Crippen molar-refractivity contribution in [2.24, 2.45) is 5.92 Å². The van der Waals surface area contributed by atoms with Crippen LogP contribution in [0.4, 0.5) is 5.82 Å². The van der Waals surface area contributed by atoms with E-state index in [4.69, 9.17) is 0 Å². The summed E-state index contributed by atoms with van der Waals surface area (Å²) in [6.07, 6.45) is 3.57. The van der Waals surface area contributed by atoms with Crippen LogP contribution in [0.3, 0.4) is 0 Å². The normalized spacial score (nSPS) is 16.2. The van der Waals surface area contributed by atoms with Crippen LogP contribution in [0.25, 0.3) is 0 Å². The molecule has 2 heterocycles. The summed E-state index contributed by atoms with van der Waals surface area (Å²) in [5, 5.41) is 21.0. The fraction of sp³-hybridized carbons (Fsp3) is 0.667. The van der Waals surface area contributed by atoms with Crippen LogP contribution < -0.4 is 10.2 Å².